The summed E-state index contributed by atoms with van der Waals surface area (Å²) in [6.45, 7) is 2.48. The molecule has 0 spiro atoms. The third kappa shape index (κ3) is 4.06. The lowest BCUT2D eigenvalue weighted by Crippen LogP contribution is -2.41. The van der Waals surface area contributed by atoms with Gasteiger partial charge in [-0.05, 0) is 32.5 Å². The first kappa shape index (κ1) is 14.1. The highest BCUT2D eigenvalue weighted by molar-refractivity contribution is 5.79. The van der Waals surface area contributed by atoms with Crippen molar-refractivity contribution in [2.75, 3.05) is 27.2 Å². The number of amides is 1. The van der Waals surface area contributed by atoms with Crippen molar-refractivity contribution in [1.29, 1.82) is 0 Å². The van der Waals surface area contributed by atoms with Crippen LogP contribution in [0.15, 0.2) is 30.3 Å². The minimum absolute atomic E-state index is 0.283. The quantitative estimate of drug-likeness (QED) is 0.784. The summed E-state index contributed by atoms with van der Waals surface area (Å²) >= 11 is 0. The predicted molar refractivity (Wildman–Crippen MR) is 77.8 cm³/mol. The summed E-state index contributed by atoms with van der Waals surface area (Å²) < 4.78 is 0. The molecule has 0 saturated heterocycles. The van der Waals surface area contributed by atoms with Gasteiger partial charge in [-0.25, -0.2) is 0 Å². The van der Waals surface area contributed by atoms with Gasteiger partial charge in [0, 0.05) is 25.6 Å². The van der Waals surface area contributed by atoms with Gasteiger partial charge in [-0.15, -0.1) is 0 Å². The lowest BCUT2D eigenvalue weighted by atomic mass is 9.84. The van der Waals surface area contributed by atoms with E-state index in [-0.39, 0.29) is 5.92 Å². The van der Waals surface area contributed by atoms with Gasteiger partial charge in [-0.1, -0.05) is 36.8 Å². The van der Waals surface area contributed by atoms with Crippen molar-refractivity contribution in [3.8, 4) is 0 Å². The zero-order chi connectivity index (χ0) is 13.7. The van der Waals surface area contributed by atoms with E-state index in [1.54, 1.807) is 0 Å². The van der Waals surface area contributed by atoms with Gasteiger partial charge in [-0.3, -0.25) is 4.79 Å². The standard InChI is InChI=1S/C16H24N2O/c1-17(2)11-12-18(16(19)15-9-6-10-15)13-14-7-4-3-5-8-14/h3-5,7-8,15H,6,9-13H2,1-2H3. The van der Waals surface area contributed by atoms with E-state index < -0.39 is 0 Å². The molecule has 0 unspecified atom stereocenters. The van der Waals surface area contributed by atoms with E-state index in [0.717, 1.165) is 32.5 Å². The van der Waals surface area contributed by atoms with E-state index in [1.807, 2.05) is 23.1 Å². The molecule has 0 heterocycles. The van der Waals surface area contributed by atoms with Gasteiger partial charge in [0.25, 0.3) is 0 Å². The smallest absolute Gasteiger partial charge is 0.226 e. The van der Waals surface area contributed by atoms with Crippen LogP contribution in [0.5, 0.6) is 0 Å². The Morgan fingerprint density at radius 2 is 1.84 bits per heavy atom. The fourth-order valence-corrected chi connectivity index (χ4v) is 2.31. The largest absolute Gasteiger partial charge is 0.337 e. The monoisotopic (exact) mass is 260 g/mol. The van der Waals surface area contributed by atoms with Crippen LogP contribution >= 0.6 is 0 Å². The summed E-state index contributed by atoms with van der Waals surface area (Å²) in [5.41, 5.74) is 1.22. The Morgan fingerprint density at radius 1 is 1.16 bits per heavy atom. The maximum absolute atomic E-state index is 12.4. The first-order valence-corrected chi connectivity index (χ1v) is 7.14. The summed E-state index contributed by atoms with van der Waals surface area (Å²) in [6.07, 6.45) is 3.36. The molecule has 19 heavy (non-hydrogen) atoms. The molecule has 0 aliphatic heterocycles. The highest BCUT2D eigenvalue weighted by atomic mass is 16.2. The molecular formula is C16H24N2O. The van der Waals surface area contributed by atoms with Crippen LogP contribution in [-0.2, 0) is 11.3 Å². The molecule has 104 valence electrons. The van der Waals surface area contributed by atoms with Crippen LogP contribution in [0.4, 0.5) is 0 Å². The SMILES string of the molecule is CN(C)CCN(Cc1ccccc1)C(=O)C1CCC1. The number of benzene rings is 1. The number of hydrogen-bond donors (Lipinski definition) is 0. The van der Waals surface area contributed by atoms with Crippen LogP contribution in [0.3, 0.4) is 0 Å². The van der Waals surface area contributed by atoms with Crippen LogP contribution in [0.2, 0.25) is 0 Å². The van der Waals surface area contributed by atoms with E-state index in [2.05, 4.69) is 31.1 Å². The summed E-state index contributed by atoms with van der Waals surface area (Å²) in [5.74, 6) is 0.628. The average Bonchev–Trinajstić information content (AvgIpc) is 2.33. The van der Waals surface area contributed by atoms with Gasteiger partial charge in [0.2, 0.25) is 5.91 Å². The van der Waals surface area contributed by atoms with Crippen molar-refractivity contribution in [1.82, 2.24) is 9.80 Å². The fraction of sp³-hybridized carbons (Fsp3) is 0.562. The minimum atomic E-state index is 0.283. The molecule has 1 aliphatic rings. The van der Waals surface area contributed by atoms with Crippen molar-refractivity contribution in [3.63, 3.8) is 0 Å². The Bertz CT molecular complexity index is 398. The summed E-state index contributed by atoms with van der Waals surface area (Å²) in [4.78, 5) is 16.6. The number of hydrogen-bond acceptors (Lipinski definition) is 2. The van der Waals surface area contributed by atoms with Crippen LogP contribution in [-0.4, -0.2) is 42.9 Å². The van der Waals surface area contributed by atoms with Gasteiger partial charge in [-0.2, -0.15) is 0 Å². The van der Waals surface area contributed by atoms with Crippen molar-refractivity contribution in [2.24, 2.45) is 5.92 Å². The van der Waals surface area contributed by atoms with E-state index in [0.29, 0.717) is 5.91 Å². The van der Waals surface area contributed by atoms with E-state index >= 15 is 0 Å². The van der Waals surface area contributed by atoms with Crippen molar-refractivity contribution >= 4 is 5.91 Å². The predicted octanol–water partition coefficient (Wildman–Crippen LogP) is 2.38. The van der Waals surface area contributed by atoms with Crippen LogP contribution < -0.4 is 0 Å². The molecule has 1 aromatic rings. The number of rotatable bonds is 6. The second kappa shape index (κ2) is 6.71. The molecule has 1 saturated carbocycles. The molecule has 3 nitrogen and oxygen atoms in total. The Kier molecular flexibility index (Phi) is 4.97. The van der Waals surface area contributed by atoms with Crippen molar-refractivity contribution in [3.05, 3.63) is 35.9 Å². The third-order valence-corrected chi connectivity index (χ3v) is 3.80. The van der Waals surface area contributed by atoms with Gasteiger partial charge >= 0.3 is 0 Å². The van der Waals surface area contributed by atoms with E-state index in [1.165, 1.54) is 12.0 Å². The lowest BCUT2D eigenvalue weighted by molar-refractivity contribution is -0.139. The van der Waals surface area contributed by atoms with Crippen molar-refractivity contribution < 1.29 is 4.79 Å². The van der Waals surface area contributed by atoms with E-state index in [4.69, 9.17) is 0 Å². The van der Waals surface area contributed by atoms with Gasteiger partial charge in [0.15, 0.2) is 0 Å². The minimum Gasteiger partial charge on any atom is -0.337 e. The topological polar surface area (TPSA) is 23.6 Å². The number of carbonyl (C=O) groups excluding carboxylic acids is 1. The van der Waals surface area contributed by atoms with Gasteiger partial charge in [0.05, 0.1) is 0 Å². The molecule has 0 aromatic heterocycles. The zero-order valence-electron chi connectivity index (χ0n) is 12.0. The lowest BCUT2D eigenvalue weighted by Gasteiger charge is -2.32. The molecule has 3 heteroatoms. The molecule has 0 atom stereocenters. The second-order valence-electron chi connectivity index (χ2n) is 5.68. The molecule has 1 amide bonds. The molecule has 1 aliphatic carbocycles. The molecule has 2 rings (SSSR count). The fourth-order valence-electron chi connectivity index (χ4n) is 2.31. The maximum Gasteiger partial charge on any atom is 0.226 e. The maximum atomic E-state index is 12.4. The Labute approximate surface area is 116 Å². The Hall–Kier alpha value is -1.35. The van der Waals surface area contributed by atoms with Gasteiger partial charge in [0.1, 0.15) is 0 Å². The average molecular weight is 260 g/mol. The van der Waals surface area contributed by atoms with Crippen LogP contribution in [0, 0.1) is 5.92 Å². The number of likely N-dealkylation sites (N-methyl/N-ethyl adjacent to an activating group) is 1. The third-order valence-electron chi connectivity index (χ3n) is 3.80. The Balaban J connectivity index is 1.98. The van der Waals surface area contributed by atoms with E-state index in [9.17, 15) is 4.79 Å². The first-order chi connectivity index (χ1) is 9.16. The summed E-state index contributed by atoms with van der Waals surface area (Å²) in [5, 5.41) is 0. The summed E-state index contributed by atoms with van der Waals surface area (Å²) in [6, 6.07) is 10.3. The molecule has 0 N–H and O–H groups in total. The molecular weight excluding hydrogens is 236 g/mol. The summed E-state index contributed by atoms with van der Waals surface area (Å²) in [7, 11) is 4.10. The first-order valence-electron chi connectivity index (χ1n) is 7.14. The molecule has 0 bridgehead atoms. The normalized spacial score (nSPS) is 15.3. The molecule has 0 radical (unpaired) electrons. The zero-order valence-corrected chi connectivity index (χ0v) is 12.0. The van der Waals surface area contributed by atoms with Crippen molar-refractivity contribution in [2.45, 2.75) is 25.8 Å². The van der Waals surface area contributed by atoms with Crippen LogP contribution in [0.25, 0.3) is 0 Å². The van der Waals surface area contributed by atoms with Crippen LogP contribution in [0.1, 0.15) is 24.8 Å². The number of nitrogens with zero attached hydrogens (tertiary/aromatic N) is 2. The second-order valence-corrected chi connectivity index (χ2v) is 5.68. The Morgan fingerprint density at radius 3 is 2.37 bits per heavy atom. The number of carbonyl (C=O) groups is 1. The molecule has 1 aromatic carbocycles. The van der Waals surface area contributed by atoms with Gasteiger partial charge < -0.3 is 9.80 Å². The highest BCUT2D eigenvalue weighted by Crippen LogP contribution is 2.28. The molecule has 1 fully saturated rings. The highest BCUT2D eigenvalue weighted by Gasteiger charge is 2.29.